The van der Waals surface area contributed by atoms with Gasteiger partial charge < -0.3 is 14.1 Å². The highest BCUT2D eigenvalue weighted by atomic mass is 35.5. The van der Waals surface area contributed by atoms with Crippen molar-refractivity contribution in [2.45, 2.75) is 32.5 Å². The fourth-order valence-corrected chi connectivity index (χ4v) is 4.78. The molecule has 0 fully saturated rings. The first-order valence-electron chi connectivity index (χ1n) is 11.2. The Labute approximate surface area is 207 Å². The van der Waals surface area contributed by atoms with E-state index in [0.717, 1.165) is 47.2 Å². The molecule has 0 saturated carbocycles. The van der Waals surface area contributed by atoms with Gasteiger partial charge in [0.2, 0.25) is 0 Å². The number of nitrogens with zero attached hydrogens (tertiary/aromatic N) is 4. The zero-order valence-electron chi connectivity index (χ0n) is 19.5. The third kappa shape index (κ3) is 5.63. The van der Waals surface area contributed by atoms with E-state index in [4.69, 9.17) is 20.8 Å². The highest BCUT2D eigenvalue weighted by Gasteiger charge is 2.16. The predicted octanol–water partition coefficient (Wildman–Crippen LogP) is 5.35. The van der Waals surface area contributed by atoms with Gasteiger partial charge in [-0.05, 0) is 62.0 Å². The van der Waals surface area contributed by atoms with Crippen molar-refractivity contribution in [3.8, 4) is 11.4 Å². The van der Waals surface area contributed by atoms with E-state index in [-0.39, 0.29) is 12.2 Å². The maximum absolute atomic E-state index is 11.7. The second kappa shape index (κ2) is 11.1. The summed E-state index contributed by atoms with van der Waals surface area (Å²) in [6, 6.07) is 14.5. The quantitative estimate of drug-likeness (QED) is 0.215. The van der Waals surface area contributed by atoms with Crippen LogP contribution in [-0.4, -0.2) is 45.1 Å². The zero-order valence-corrected chi connectivity index (χ0v) is 21.0. The van der Waals surface area contributed by atoms with Crippen molar-refractivity contribution in [1.82, 2.24) is 19.7 Å². The van der Waals surface area contributed by atoms with E-state index in [1.807, 2.05) is 47.9 Å². The summed E-state index contributed by atoms with van der Waals surface area (Å²) in [5, 5.41) is 11.2. The number of ether oxygens (including phenoxy) is 1. The van der Waals surface area contributed by atoms with Crippen molar-refractivity contribution in [2.24, 2.45) is 0 Å². The molecule has 0 atom stereocenters. The third-order valence-corrected chi connectivity index (χ3v) is 6.77. The normalized spacial score (nSPS) is 11.4. The number of aromatic nitrogens is 3. The lowest BCUT2D eigenvalue weighted by Gasteiger charge is -2.17. The first-order chi connectivity index (χ1) is 16.5. The summed E-state index contributed by atoms with van der Waals surface area (Å²) in [6.07, 6.45) is 0. The molecule has 9 heteroatoms. The van der Waals surface area contributed by atoms with Crippen LogP contribution in [0.3, 0.4) is 0 Å². The summed E-state index contributed by atoms with van der Waals surface area (Å²) in [6.45, 7) is 9.43. The minimum Gasteiger partial charge on any atom is -0.485 e. The molecule has 0 bridgehead atoms. The van der Waals surface area contributed by atoms with Gasteiger partial charge in [-0.2, -0.15) is 0 Å². The van der Waals surface area contributed by atoms with Gasteiger partial charge in [0.05, 0.1) is 0 Å². The van der Waals surface area contributed by atoms with E-state index in [2.05, 4.69) is 28.9 Å². The van der Waals surface area contributed by atoms with Crippen LogP contribution >= 0.6 is 23.4 Å². The topological polar surface area (TPSA) is 73.4 Å². The minimum atomic E-state index is -0.379. The third-order valence-electron chi connectivity index (χ3n) is 5.61. The van der Waals surface area contributed by atoms with Crippen LogP contribution in [0.5, 0.6) is 5.75 Å². The highest BCUT2D eigenvalue weighted by Crippen LogP contribution is 2.26. The molecule has 2 aromatic heterocycles. The lowest BCUT2D eigenvalue weighted by molar-refractivity contribution is 0.292. The standard InChI is InChI=1S/C25H27ClN4O3S/c1-4-29(5-2)12-13-34-25-28-27-23(30(25)19-8-6-18(26)7-9-19)16-32-20-10-11-21-17(3)14-24(31)33-22(21)15-20/h6-11,14-15H,4-5,12-13,16H2,1-3H3. The van der Waals surface area contributed by atoms with Crippen LogP contribution in [0.25, 0.3) is 16.7 Å². The van der Waals surface area contributed by atoms with Crippen LogP contribution in [0.1, 0.15) is 25.2 Å². The van der Waals surface area contributed by atoms with Crippen LogP contribution in [0.15, 0.2) is 62.9 Å². The molecule has 0 unspecified atom stereocenters. The van der Waals surface area contributed by atoms with Crippen LogP contribution < -0.4 is 10.4 Å². The second-order valence-electron chi connectivity index (χ2n) is 7.78. The minimum absolute atomic E-state index is 0.202. The average Bonchev–Trinajstić information content (AvgIpc) is 3.23. The predicted molar refractivity (Wildman–Crippen MR) is 136 cm³/mol. The number of thioether (sulfide) groups is 1. The van der Waals surface area contributed by atoms with Crippen LogP contribution in [0, 0.1) is 6.92 Å². The molecule has 0 aliphatic carbocycles. The van der Waals surface area contributed by atoms with E-state index >= 15 is 0 Å². The van der Waals surface area contributed by atoms with Gasteiger partial charge in [-0.3, -0.25) is 4.57 Å². The summed E-state index contributed by atoms with van der Waals surface area (Å²) in [5.74, 6) is 2.15. The number of hydrogen-bond acceptors (Lipinski definition) is 7. The number of fused-ring (bicyclic) bond motifs is 1. The van der Waals surface area contributed by atoms with Crippen LogP contribution in [0.4, 0.5) is 0 Å². The molecule has 0 saturated heterocycles. The first kappa shape index (κ1) is 24.3. The molecule has 7 nitrogen and oxygen atoms in total. The maximum Gasteiger partial charge on any atom is 0.336 e. The van der Waals surface area contributed by atoms with Gasteiger partial charge in [0.15, 0.2) is 11.0 Å². The van der Waals surface area contributed by atoms with E-state index in [9.17, 15) is 4.79 Å². The van der Waals surface area contributed by atoms with Crippen molar-refractivity contribution < 1.29 is 9.15 Å². The molecule has 0 aliphatic rings. The van der Waals surface area contributed by atoms with E-state index in [0.29, 0.717) is 22.2 Å². The first-order valence-corrected chi connectivity index (χ1v) is 12.6. The molecule has 0 spiro atoms. The highest BCUT2D eigenvalue weighted by molar-refractivity contribution is 7.99. The van der Waals surface area contributed by atoms with Crippen molar-refractivity contribution in [3.63, 3.8) is 0 Å². The number of aryl methyl sites for hydroxylation is 1. The van der Waals surface area contributed by atoms with E-state index in [1.165, 1.54) is 6.07 Å². The van der Waals surface area contributed by atoms with Crippen molar-refractivity contribution in [1.29, 1.82) is 0 Å². The fourth-order valence-electron chi connectivity index (χ4n) is 3.69. The summed E-state index contributed by atoms with van der Waals surface area (Å²) in [5.41, 5.74) is 1.90. The van der Waals surface area contributed by atoms with Crippen molar-refractivity contribution >= 4 is 34.3 Å². The zero-order chi connectivity index (χ0) is 24.1. The number of benzene rings is 2. The number of hydrogen-bond donors (Lipinski definition) is 0. The Morgan fingerprint density at radius 1 is 1.09 bits per heavy atom. The molecule has 2 heterocycles. The van der Waals surface area contributed by atoms with Gasteiger partial charge in [0.25, 0.3) is 0 Å². The van der Waals surface area contributed by atoms with E-state index in [1.54, 1.807) is 17.8 Å². The van der Waals surface area contributed by atoms with Crippen molar-refractivity contribution in [2.75, 3.05) is 25.4 Å². The Morgan fingerprint density at radius 2 is 1.85 bits per heavy atom. The molecular formula is C25H27ClN4O3S. The molecule has 4 rings (SSSR count). The second-order valence-corrected chi connectivity index (χ2v) is 9.28. The molecule has 34 heavy (non-hydrogen) atoms. The van der Waals surface area contributed by atoms with Gasteiger partial charge in [-0.1, -0.05) is 37.2 Å². The van der Waals surface area contributed by atoms with Crippen LogP contribution in [-0.2, 0) is 6.61 Å². The summed E-state index contributed by atoms with van der Waals surface area (Å²) < 4.78 is 13.4. The maximum atomic E-state index is 11.7. The van der Waals surface area contributed by atoms with Gasteiger partial charge >= 0.3 is 5.63 Å². The smallest absolute Gasteiger partial charge is 0.336 e. The van der Waals surface area contributed by atoms with E-state index < -0.39 is 0 Å². The average molecular weight is 499 g/mol. The Morgan fingerprint density at radius 3 is 2.59 bits per heavy atom. The molecule has 0 amide bonds. The lowest BCUT2D eigenvalue weighted by Crippen LogP contribution is -2.25. The largest absolute Gasteiger partial charge is 0.485 e. The van der Waals surface area contributed by atoms with Gasteiger partial charge in [-0.15, -0.1) is 10.2 Å². The van der Waals surface area contributed by atoms with Gasteiger partial charge in [-0.25, -0.2) is 4.79 Å². The Balaban J connectivity index is 1.57. The Kier molecular flexibility index (Phi) is 7.92. The monoisotopic (exact) mass is 498 g/mol. The van der Waals surface area contributed by atoms with Crippen LogP contribution in [0.2, 0.25) is 5.02 Å². The summed E-state index contributed by atoms with van der Waals surface area (Å²) in [4.78, 5) is 14.1. The Bertz CT molecular complexity index is 1320. The fraction of sp³-hybridized carbons (Fsp3) is 0.320. The number of halogens is 1. The molecule has 2 aromatic carbocycles. The van der Waals surface area contributed by atoms with Crippen molar-refractivity contribution in [3.05, 3.63) is 75.4 Å². The SMILES string of the molecule is CCN(CC)CCSc1nnc(COc2ccc3c(C)cc(=O)oc3c2)n1-c1ccc(Cl)cc1. The molecule has 178 valence electrons. The summed E-state index contributed by atoms with van der Waals surface area (Å²) in [7, 11) is 0. The molecule has 0 aliphatic heterocycles. The Hall–Kier alpha value is -2.81. The van der Waals surface area contributed by atoms with Gasteiger partial charge in [0.1, 0.15) is 17.9 Å². The molecule has 0 N–H and O–H groups in total. The number of rotatable bonds is 10. The summed E-state index contributed by atoms with van der Waals surface area (Å²) >= 11 is 7.77. The lowest BCUT2D eigenvalue weighted by atomic mass is 10.1. The van der Waals surface area contributed by atoms with Gasteiger partial charge in [0, 0.05) is 40.5 Å². The molecule has 0 radical (unpaired) electrons. The molecular weight excluding hydrogens is 472 g/mol. The molecule has 4 aromatic rings.